The Bertz CT molecular complexity index is 1280. The Kier molecular flexibility index (Phi) is 6.08. The van der Waals surface area contributed by atoms with Gasteiger partial charge in [-0.2, -0.15) is 4.98 Å². The zero-order chi connectivity index (χ0) is 22.9. The molecule has 0 aliphatic carbocycles. The molecule has 170 valence electrons. The van der Waals surface area contributed by atoms with Gasteiger partial charge in [0.15, 0.2) is 5.76 Å². The number of aryl methyl sites for hydroxylation is 2. The summed E-state index contributed by atoms with van der Waals surface area (Å²) in [7, 11) is 0. The number of furan rings is 1. The van der Waals surface area contributed by atoms with E-state index in [0.717, 1.165) is 28.9 Å². The number of nitrogens with zero attached hydrogens (tertiary/aromatic N) is 4. The van der Waals surface area contributed by atoms with Crippen molar-refractivity contribution in [1.82, 2.24) is 14.9 Å². The number of piperazine rings is 1. The van der Waals surface area contributed by atoms with Crippen LogP contribution in [0.2, 0.25) is 5.28 Å². The SMILES string of the molecule is CCc1ccc(-c2c(CC)sc3nc(Cl)nc(N4CCN(C(=O)c5ccco5)CC4)c23)cc1. The van der Waals surface area contributed by atoms with E-state index in [0.29, 0.717) is 31.9 Å². The molecule has 33 heavy (non-hydrogen) atoms. The van der Waals surface area contributed by atoms with Gasteiger partial charge in [0, 0.05) is 36.6 Å². The maximum atomic E-state index is 12.7. The van der Waals surface area contributed by atoms with Gasteiger partial charge in [-0.15, -0.1) is 11.3 Å². The average Bonchev–Trinajstić information content (AvgIpc) is 3.51. The number of carbonyl (C=O) groups is 1. The molecule has 0 bridgehead atoms. The summed E-state index contributed by atoms with van der Waals surface area (Å²) < 4.78 is 5.29. The fraction of sp³-hybridized carbons (Fsp3) is 0.320. The maximum Gasteiger partial charge on any atom is 0.289 e. The summed E-state index contributed by atoms with van der Waals surface area (Å²) in [4.78, 5) is 28.1. The molecule has 0 spiro atoms. The first-order valence-electron chi connectivity index (χ1n) is 11.2. The van der Waals surface area contributed by atoms with E-state index in [-0.39, 0.29) is 11.2 Å². The lowest BCUT2D eigenvalue weighted by Crippen LogP contribution is -2.49. The van der Waals surface area contributed by atoms with Gasteiger partial charge < -0.3 is 14.2 Å². The predicted molar refractivity (Wildman–Crippen MR) is 133 cm³/mol. The Balaban J connectivity index is 1.52. The smallest absolute Gasteiger partial charge is 0.289 e. The first kappa shape index (κ1) is 21.9. The zero-order valence-corrected chi connectivity index (χ0v) is 20.2. The van der Waals surface area contributed by atoms with Crippen LogP contribution < -0.4 is 4.90 Å². The van der Waals surface area contributed by atoms with E-state index < -0.39 is 0 Å². The lowest BCUT2D eigenvalue weighted by Gasteiger charge is -2.35. The summed E-state index contributed by atoms with van der Waals surface area (Å²) in [5.41, 5.74) is 3.68. The van der Waals surface area contributed by atoms with Crippen LogP contribution in [0, 0.1) is 0 Å². The van der Waals surface area contributed by atoms with Crippen molar-refractivity contribution in [3.05, 3.63) is 64.1 Å². The number of anilines is 1. The third-order valence-corrected chi connectivity index (χ3v) is 7.55. The minimum absolute atomic E-state index is 0.0778. The number of halogens is 1. The molecular weight excluding hydrogens is 456 g/mol. The van der Waals surface area contributed by atoms with Crippen LogP contribution in [-0.4, -0.2) is 47.0 Å². The van der Waals surface area contributed by atoms with Gasteiger partial charge in [-0.05, 0) is 47.7 Å². The Hall–Kier alpha value is -2.90. The third kappa shape index (κ3) is 4.11. The predicted octanol–water partition coefficient (Wildman–Crippen LogP) is 5.69. The van der Waals surface area contributed by atoms with Gasteiger partial charge >= 0.3 is 0 Å². The van der Waals surface area contributed by atoms with Gasteiger partial charge in [0.25, 0.3) is 5.91 Å². The van der Waals surface area contributed by atoms with E-state index in [1.54, 1.807) is 23.5 Å². The Morgan fingerprint density at radius 1 is 1.06 bits per heavy atom. The number of benzene rings is 1. The van der Waals surface area contributed by atoms with Crippen LogP contribution in [0.25, 0.3) is 21.3 Å². The molecule has 1 aromatic carbocycles. The van der Waals surface area contributed by atoms with Crippen molar-refractivity contribution in [2.45, 2.75) is 26.7 Å². The largest absolute Gasteiger partial charge is 0.459 e. The summed E-state index contributed by atoms with van der Waals surface area (Å²) in [6.07, 6.45) is 3.45. The van der Waals surface area contributed by atoms with Crippen molar-refractivity contribution < 1.29 is 9.21 Å². The van der Waals surface area contributed by atoms with Crippen LogP contribution in [0.4, 0.5) is 5.82 Å². The van der Waals surface area contributed by atoms with Crippen molar-refractivity contribution in [2.24, 2.45) is 0 Å². The van der Waals surface area contributed by atoms with Crippen molar-refractivity contribution in [3.63, 3.8) is 0 Å². The summed E-state index contributed by atoms with van der Waals surface area (Å²) >= 11 is 8.05. The molecular formula is C25H25ClN4O2S. The molecule has 6 nitrogen and oxygen atoms in total. The minimum atomic E-state index is -0.0778. The molecule has 0 atom stereocenters. The minimum Gasteiger partial charge on any atom is -0.459 e. The third-order valence-electron chi connectivity index (χ3n) is 6.15. The average molecular weight is 481 g/mol. The van der Waals surface area contributed by atoms with Gasteiger partial charge in [0.2, 0.25) is 5.28 Å². The van der Waals surface area contributed by atoms with Crippen LogP contribution in [-0.2, 0) is 12.8 Å². The second kappa shape index (κ2) is 9.15. The highest BCUT2D eigenvalue weighted by Gasteiger charge is 2.28. The number of rotatable bonds is 5. The Labute approximate surface area is 201 Å². The highest BCUT2D eigenvalue weighted by atomic mass is 35.5. The second-order valence-corrected chi connectivity index (χ2v) is 9.48. The zero-order valence-electron chi connectivity index (χ0n) is 18.7. The molecule has 0 saturated carbocycles. The molecule has 0 unspecified atom stereocenters. The van der Waals surface area contributed by atoms with E-state index in [4.69, 9.17) is 16.0 Å². The highest BCUT2D eigenvalue weighted by molar-refractivity contribution is 7.19. The quantitative estimate of drug-likeness (QED) is 0.343. The fourth-order valence-corrected chi connectivity index (χ4v) is 5.71. The van der Waals surface area contributed by atoms with E-state index in [2.05, 4.69) is 53.0 Å². The van der Waals surface area contributed by atoms with Crippen LogP contribution in [0.1, 0.15) is 34.8 Å². The van der Waals surface area contributed by atoms with Gasteiger partial charge in [0.1, 0.15) is 10.6 Å². The molecule has 1 aliphatic rings. The first-order valence-corrected chi connectivity index (χ1v) is 12.4. The van der Waals surface area contributed by atoms with Crippen molar-refractivity contribution in [1.29, 1.82) is 0 Å². The molecule has 1 amide bonds. The summed E-state index contributed by atoms with van der Waals surface area (Å²) in [5.74, 6) is 1.14. The molecule has 5 rings (SSSR count). The standard InChI is InChI=1S/C25H25ClN4O2S/c1-3-16-7-9-17(10-8-16)20-19(4-2)33-23-21(20)22(27-25(26)28-23)29-11-13-30(14-12-29)24(31)18-6-5-15-32-18/h5-10,15H,3-4,11-14H2,1-2H3. The molecule has 1 aliphatic heterocycles. The Morgan fingerprint density at radius 2 is 1.82 bits per heavy atom. The summed E-state index contributed by atoms with van der Waals surface area (Å²) in [5, 5.41) is 1.31. The lowest BCUT2D eigenvalue weighted by molar-refractivity contribution is 0.0714. The normalized spacial score (nSPS) is 14.3. The number of fused-ring (bicyclic) bond motifs is 1. The molecule has 4 aromatic rings. The summed E-state index contributed by atoms with van der Waals surface area (Å²) in [6, 6.07) is 12.2. The highest BCUT2D eigenvalue weighted by Crippen LogP contribution is 2.43. The molecule has 8 heteroatoms. The maximum absolute atomic E-state index is 12.7. The van der Waals surface area contributed by atoms with Crippen molar-refractivity contribution >= 4 is 44.9 Å². The molecule has 0 radical (unpaired) electrons. The number of hydrogen-bond acceptors (Lipinski definition) is 6. The van der Waals surface area contributed by atoms with Gasteiger partial charge in [-0.3, -0.25) is 4.79 Å². The van der Waals surface area contributed by atoms with Gasteiger partial charge in [-0.25, -0.2) is 4.98 Å². The van der Waals surface area contributed by atoms with E-state index >= 15 is 0 Å². The van der Waals surface area contributed by atoms with Gasteiger partial charge in [-0.1, -0.05) is 38.1 Å². The van der Waals surface area contributed by atoms with Crippen molar-refractivity contribution in [2.75, 3.05) is 31.1 Å². The van der Waals surface area contributed by atoms with Crippen LogP contribution in [0.3, 0.4) is 0 Å². The fourth-order valence-electron chi connectivity index (χ4n) is 4.37. The second-order valence-electron chi connectivity index (χ2n) is 8.06. The van der Waals surface area contributed by atoms with E-state index in [9.17, 15) is 4.79 Å². The van der Waals surface area contributed by atoms with Crippen LogP contribution in [0.15, 0.2) is 47.1 Å². The van der Waals surface area contributed by atoms with E-state index in [1.165, 1.54) is 27.8 Å². The molecule has 1 saturated heterocycles. The number of carbonyl (C=O) groups excluding carboxylic acids is 1. The van der Waals surface area contributed by atoms with Crippen LogP contribution in [0.5, 0.6) is 0 Å². The number of aromatic nitrogens is 2. The van der Waals surface area contributed by atoms with Crippen molar-refractivity contribution in [3.8, 4) is 11.1 Å². The molecule has 0 N–H and O–H groups in total. The molecule has 4 heterocycles. The number of hydrogen-bond donors (Lipinski definition) is 0. The van der Waals surface area contributed by atoms with Crippen LogP contribution >= 0.6 is 22.9 Å². The van der Waals surface area contributed by atoms with E-state index in [1.807, 2.05) is 4.90 Å². The molecule has 3 aromatic heterocycles. The first-order chi connectivity index (χ1) is 16.1. The lowest BCUT2D eigenvalue weighted by atomic mass is 10.00. The topological polar surface area (TPSA) is 62.5 Å². The number of amides is 1. The molecule has 1 fully saturated rings. The summed E-state index contributed by atoms with van der Waals surface area (Å²) in [6.45, 7) is 6.85. The Morgan fingerprint density at radius 3 is 2.45 bits per heavy atom. The van der Waals surface area contributed by atoms with Gasteiger partial charge in [0.05, 0.1) is 11.6 Å². The number of thiophene rings is 1. The monoisotopic (exact) mass is 480 g/mol.